The second-order valence-electron chi connectivity index (χ2n) is 7.37. The molecule has 0 fully saturated rings. The highest BCUT2D eigenvalue weighted by atomic mass is 16.2. The molecule has 1 atom stereocenters. The molecule has 0 aliphatic heterocycles. The summed E-state index contributed by atoms with van der Waals surface area (Å²) in [6, 6.07) is 27.1. The molecular weight excluding hydrogens is 372 g/mol. The summed E-state index contributed by atoms with van der Waals surface area (Å²) in [5.74, 6) is -0.310. The molecule has 0 bridgehead atoms. The Balaban J connectivity index is 1.77. The number of carbonyl (C=O) groups is 2. The Hall–Kier alpha value is -3.40. The number of carbonyl (C=O) groups excluding carboxylic acids is 2. The first kappa shape index (κ1) is 21.3. The summed E-state index contributed by atoms with van der Waals surface area (Å²) in [4.78, 5) is 25.4. The first-order chi connectivity index (χ1) is 14.7. The van der Waals surface area contributed by atoms with Crippen LogP contribution in [-0.2, 0) is 22.4 Å². The van der Waals surface area contributed by atoms with Crippen molar-refractivity contribution in [3.63, 3.8) is 0 Å². The molecule has 30 heavy (non-hydrogen) atoms. The lowest BCUT2D eigenvalue weighted by Crippen LogP contribution is -2.45. The van der Waals surface area contributed by atoms with E-state index in [1.807, 2.05) is 79.7 Å². The van der Waals surface area contributed by atoms with E-state index in [9.17, 15) is 9.59 Å². The number of para-hydroxylation sites is 1. The van der Waals surface area contributed by atoms with E-state index in [-0.39, 0.29) is 11.8 Å². The zero-order valence-electron chi connectivity index (χ0n) is 17.3. The van der Waals surface area contributed by atoms with E-state index in [2.05, 4.69) is 22.8 Å². The summed E-state index contributed by atoms with van der Waals surface area (Å²) in [6.45, 7) is 1.95. The van der Waals surface area contributed by atoms with E-state index < -0.39 is 6.04 Å². The van der Waals surface area contributed by atoms with Crippen LogP contribution in [0.2, 0.25) is 0 Å². The number of anilines is 1. The van der Waals surface area contributed by atoms with Gasteiger partial charge in [0.05, 0.1) is 0 Å². The number of rotatable bonds is 9. The largest absolute Gasteiger partial charge is 0.344 e. The summed E-state index contributed by atoms with van der Waals surface area (Å²) in [7, 11) is 0. The van der Waals surface area contributed by atoms with E-state index in [1.165, 1.54) is 5.56 Å². The molecular formula is C26H28N2O2. The predicted octanol–water partition coefficient (Wildman–Crippen LogP) is 4.74. The molecule has 0 saturated carbocycles. The molecule has 0 saturated heterocycles. The molecule has 4 nitrogen and oxygen atoms in total. The molecule has 2 N–H and O–H groups in total. The summed E-state index contributed by atoms with van der Waals surface area (Å²) >= 11 is 0. The first-order valence-electron chi connectivity index (χ1n) is 10.4. The third kappa shape index (κ3) is 6.31. The Bertz CT molecular complexity index is 955. The van der Waals surface area contributed by atoms with Crippen molar-refractivity contribution in [1.82, 2.24) is 5.32 Å². The molecule has 0 spiro atoms. The topological polar surface area (TPSA) is 58.2 Å². The van der Waals surface area contributed by atoms with Crippen LogP contribution in [0.4, 0.5) is 5.69 Å². The van der Waals surface area contributed by atoms with Gasteiger partial charge in [0.25, 0.3) is 0 Å². The van der Waals surface area contributed by atoms with Gasteiger partial charge in [0.15, 0.2) is 0 Å². The van der Waals surface area contributed by atoms with E-state index in [0.29, 0.717) is 12.8 Å². The minimum atomic E-state index is -0.628. The third-order valence-electron chi connectivity index (χ3n) is 4.92. The molecule has 2 amide bonds. The lowest BCUT2D eigenvalue weighted by Gasteiger charge is -2.20. The maximum Gasteiger partial charge on any atom is 0.247 e. The lowest BCUT2D eigenvalue weighted by molar-refractivity contribution is -0.126. The van der Waals surface area contributed by atoms with Gasteiger partial charge in [-0.05, 0) is 35.6 Å². The van der Waals surface area contributed by atoms with Gasteiger partial charge in [-0.3, -0.25) is 9.59 Å². The van der Waals surface area contributed by atoms with Crippen molar-refractivity contribution in [1.29, 1.82) is 0 Å². The average molecular weight is 401 g/mol. The second kappa shape index (κ2) is 11.0. The Morgan fingerprint density at radius 2 is 1.40 bits per heavy atom. The van der Waals surface area contributed by atoms with Gasteiger partial charge in [-0.15, -0.1) is 0 Å². The van der Waals surface area contributed by atoms with E-state index >= 15 is 0 Å². The number of hydrogen-bond acceptors (Lipinski definition) is 2. The summed E-state index contributed by atoms with van der Waals surface area (Å²) in [5.41, 5.74) is 3.99. The lowest BCUT2D eigenvalue weighted by atomic mass is 10.0. The highest BCUT2D eigenvalue weighted by Gasteiger charge is 2.22. The van der Waals surface area contributed by atoms with Crippen LogP contribution >= 0.6 is 0 Å². The fourth-order valence-corrected chi connectivity index (χ4v) is 3.38. The fourth-order valence-electron chi connectivity index (χ4n) is 3.38. The van der Waals surface area contributed by atoms with Gasteiger partial charge in [-0.1, -0.05) is 85.8 Å². The maximum atomic E-state index is 13.1. The average Bonchev–Trinajstić information content (AvgIpc) is 2.76. The normalized spacial score (nSPS) is 11.5. The molecule has 3 aromatic rings. The Kier molecular flexibility index (Phi) is 7.78. The molecule has 0 aliphatic rings. The van der Waals surface area contributed by atoms with Gasteiger partial charge < -0.3 is 10.6 Å². The molecule has 4 heteroatoms. The van der Waals surface area contributed by atoms with Crippen molar-refractivity contribution in [3.8, 4) is 0 Å². The molecule has 0 aromatic heterocycles. The van der Waals surface area contributed by atoms with Crippen LogP contribution in [-0.4, -0.2) is 17.9 Å². The Morgan fingerprint density at radius 3 is 2.07 bits per heavy atom. The van der Waals surface area contributed by atoms with Gasteiger partial charge in [-0.2, -0.15) is 0 Å². The number of nitrogens with one attached hydrogen (secondary N) is 2. The minimum Gasteiger partial charge on any atom is -0.344 e. The smallest absolute Gasteiger partial charge is 0.247 e. The number of amides is 2. The van der Waals surface area contributed by atoms with Gasteiger partial charge in [-0.25, -0.2) is 0 Å². The highest BCUT2D eigenvalue weighted by Crippen LogP contribution is 2.20. The molecule has 0 unspecified atom stereocenters. The van der Waals surface area contributed by atoms with Crippen LogP contribution < -0.4 is 10.6 Å². The number of hydrogen-bond donors (Lipinski definition) is 2. The van der Waals surface area contributed by atoms with Crippen LogP contribution in [0.25, 0.3) is 0 Å². The maximum absolute atomic E-state index is 13.1. The van der Waals surface area contributed by atoms with Crippen molar-refractivity contribution in [2.75, 3.05) is 5.32 Å². The highest BCUT2D eigenvalue weighted by molar-refractivity contribution is 5.98. The van der Waals surface area contributed by atoms with Gasteiger partial charge in [0.2, 0.25) is 11.8 Å². The van der Waals surface area contributed by atoms with Gasteiger partial charge in [0.1, 0.15) is 6.04 Å². The molecule has 0 aliphatic carbocycles. The van der Waals surface area contributed by atoms with Crippen LogP contribution in [0.5, 0.6) is 0 Å². The zero-order valence-corrected chi connectivity index (χ0v) is 17.3. The van der Waals surface area contributed by atoms with Crippen LogP contribution in [0.15, 0.2) is 84.9 Å². The van der Waals surface area contributed by atoms with E-state index in [0.717, 1.165) is 29.7 Å². The number of benzene rings is 3. The zero-order chi connectivity index (χ0) is 21.2. The van der Waals surface area contributed by atoms with Crippen molar-refractivity contribution in [2.24, 2.45) is 0 Å². The third-order valence-corrected chi connectivity index (χ3v) is 4.92. The molecule has 0 radical (unpaired) electrons. The molecule has 0 heterocycles. The Morgan fingerprint density at radius 1 is 0.800 bits per heavy atom. The fraction of sp³-hybridized carbons (Fsp3) is 0.231. The molecule has 3 aromatic carbocycles. The predicted molar refractivity (Wildman–Crippen MR) is 121 cm³/mol. The van der Waals surface area contributed by atoms with E-state index in [1.54, 1.807) is 0 Å². The monoisotopic (exact) mass is 400 g/mol. The minimum absolute atomic E-state index is 0.105. The van der Waals surface area contributed by atoms with Crippen molar-refractivity contribution < 1.29 is 9.59 Å². The summed E-state index contributed by atoms with van der Waals surface area (Å²) in [5, 5.41) is 5.95. The van der Waals surface area contributed by atoms with Crippen LogP contribution in [0, 0.1) is 0 Å². The van der Waals surface area contributed by atoms with Crippen molar-refractivity contribution in [2.45, 2.75) is 38.6 Å². The quantitative estimate of drug-likeness (QED) is 0.545. The van der Waals surface area contributed by atoms with E-state index in [4.69, 9.17) is 0 Å². The molecule has 154 valence electrons. The van der Waals surface area contributed by atoms with Gasteiger partial charge >= 0.3 is 0 Å². The first-order valence-corrected chi connectivity index (χ1v) is 10.4. The summed E-state index contributed by atoms with van der Waals surface area (Å²) < 4.78 is 0. The summed E-state index contributed by atoms with van der Waals surface area (Å²) in [6.07, 6.45) is 2.32. The SMILES string of the molecule is CCCC(=O)N[C@@H](Cc1ccccc1)C(=O)Nc1ccccc1Cc1ccccc1. The van der Waals surface area contributed by atoms with Crippen LogP contribution in [0.3, 0.4) is 0 Å². The molecule has 3 rings (SSSR count). The van der Waals surface area contributed by atoms with Gasteiger partial charge in [0, 0.05) is 18.5 Å². The van der Waals surface area contributed by atoms with Crippen molar-refractivity contribution in [3.05, 3.63) is 102 Å². The van der Waals surface area contributed by atoms with Crippen molar-refractivity contribution >= 4 is 17.5 Å². The van der Waals surface area contributed by atoms with Crippen LogP contribution in [0.1, 0.15) is 36.5 Å². The Labute approximate surface area is 178 Å². The standard InChI is InChI=1S/C26H28N2O2/c1-2-11-25(29)27-24(19-21-14-7-4-8-15-21)26(30)28-23-17-10-9-16-22(23)18-20-12-5-3-6-13-20/h3-10,12-17,24H,2,11,18-19H2,1H3,(H,27,29)(H,28,30)/t24-/m0/s1. The second-order valence-corrected chi connectivity index (χ2v) is 7.37.